The molecule has 6 heteroatoms. The van der Waals surface area contributed by atoms with Crippen molar-refractivity contribution in [2.24, 2.45) is 0 Å². The number of ether oxygens (including phenoxy) is 1. The number of alkyl carbamates (subject to hydrolysis) is 1. The van der Waals surface area contributed by atoms with E-state index in [0.29, 0.717) is 18.2 Å². The molecule has 0 atom stereocenters. The predicted octanol–water partition coefficient (Wildman–Crippen LogP) is 3.37. The van der Waals surface area contributed by atoms with Gasteiger partial charge in [0.05, 0.1) is 0 Å². The average molecular weight is 337 g/mol. The second-order valence-corrected chi connectivity index (χ2v) is 6.68. The van der Waals surface area contributed by atoms with E-state index in [-0.39, 0.29) is 0 Å². The number of aryl methyl sites for hydroxylation is 2. The molecule has 0 fully saturated rings. The third-order valence-electron chi connectivity index (χ3n) is 3.06. The van der Waals surface area contributed by atoms with Crippen molar-refractivity contribution in [3.8, 4) is 0 Å². The highest BCUT2D eigenvalue weighted by atomic mass is 32.1. The maximum absolute atomic E-state index is 11.5. The van der Waals surface area contributed by atoms with Crippen LogP contribution in [-0.4, -0.2) is 29.9 Å². The predicted molar refractivity (Wildman–Crippen MR) is 99.0 cm³/mol. The van der Waals surface area contributed by atoms with Crippen molar-refractivity contribution in [3.63, 3.8) is 0 Å². The van der Waals surface area contributed by atoms with Crippen LogP contribution in [0.3, 0.4) is 0 Å². The highest BCUT2D eigenvalue weighted by Crippen LogP contribution is 2.20. The summed E-state index contributed by atoms with van der Waals surface area (Å²) in [4.78, 5) is 11.5. The van der Waals surface area contributed by atoms with E-state index >= 15 is 0 Å². The molecule has 0 heterocycles. The molecule has 0 saturated carbocycles. The monoisotopic (exact) mass is 337 g/mol. The lowest BCUT2D eigenvalue weighted by Crippen LogP contribution is -2.39. The second-order valence-electron chi connectivity index (χ2n) is 6.27. The Kier molecular flexibility index (Phi) is 7.29. The molecule has 3 N–H and O–H groups in total. The molecule has 0 spiro atoms. The van der Waals surface area contributed by atoms with E-state index in [9.17, 15) is 4.79 Å². The van der Waals surface area contributed by atoms with Crippen LogP contribution in [0.5, 0.6) is 0 Å². The smallest absolute Gasteiger partial charge is 0.407 e. The van der Waals surface area contributed by atoms with Crippen molar-refractivity contribution in [3.05, 3.63) is 29.3 Å². The molecule has 0 bridgehead atoms. The normalized spacial score (nSPS) is 10.8. The van der Waals surface area contributed by atoms with E-state index in [4.69, 9.17) is 17.0 Å². The molecule has 128 valence electrons. The Balaban J connectivity index is 2.37. The molecule has 0 aliphatic carbocycles. The van der Waals surface area contributed by atoms with Crippen LogP contribution >= 0.6 is 12.2 Å². The zero-order valence-electron chi connectivity index (χ0n) is 14.6. The van der Waals surface area contributed by atoms with Crippen LogP contribution in [0.4, 0.5) is 10.5 Å². The fourth-order valence-electron chi connectivity index (χ4n) is 2.01. The van der Waals surface area contributed by atoms with Crippen LogP contribution in [-0.2, 0) is 11.2 Å². The van der Waals surface area contributed by atoms with Gasteiger partial charge in [0.2, 0.25) is 0 Å². The molecule has 0 saturated heterocycles. The van der Waals surface area contributed by atoms with Gasteiger partial charge in [-0.1, -0.05) is 25.1 Å². The van der Waals surface area contributed by atoms with Crippen LogP contribution in [0.15, 0.2) is 18.2 Å². The van der Waals surface area contributed by atoms with Gasteiger partial charge in [0, 0.05) is 18.8 Å². The molecule has 23 heavy (non-hydrogen) atoms. The molecule has 1 aromatic rings. The number of carbonyl (C=O) groups is 1. The number of hydrogen-bond acceptors (Lipinski definition) is 3. The Hall–Kier alpha value is -1.82. The van der Waals surface area contributed by atoms with Gasteiger partial charge >= 0.3 is 6.09 Å². The summed E-state index contributed by atoms with van der Waals surface area (Å²) in [6.07, 6.45) is 0.512. The number of benzene rings is 1. The van der Waals surface area contributed by atoms with Crippen molar-refractivity contribution in [2.45, 2.75) is 46.6 Å². The third-order valence-corrected chi connectivity index (χ3v) is 3.30. The van der Waals surface area contributed by atoms with Gasteiger partial charge in [-0.05, 0) is 57.5 Å². The van der Waals surface area contributed by atoms with Gasteiger partial charge in [0.15, 0.2) is 5.11 Å². The van der Waals surface area contributed by atoms with Crippen LogP contribution in [0.1, 0.15) is 38.8 Å². The van der Waals surface area contributed by atoms with E-state index < -0.39 is 11.7 Å². The highest BCUT2D eigenvalue weighted by molar-refractivity contribution is 7.80. The molecular formula is C17H27N3O2S. The summed E-state index contributed by atoms with van der Waals surface area (Å²) in [5, 5.41) is 9.53. The second kappa shape index (κ2) is 8.72. The Morgan fingerprint density at radius 2 is 1.87 bits per heavy atom. The number of para-hydroxylation sites is 1. The first-order valence-electron chi connectivity index (χ1n) is 7.83. The lowest BCUT2D eigenvalue weighted by Gasteiger charge is -2.20. The van der Waals surface area contributed by atoms with Gasteiger partial charge in [-0.15, -0.1) is 0 Å². The molecule has 0 radical (unpaired) electrons. The zero-order chi connectivity index (χ0) is 17.5. The number of anilines is 1. The molecule has 1 rings (SSSR count). The van der Waals surface area contributed by atoms with E-state index in [2.05, 4.69) is 28.9 Å². The first-order chi connectivity index (χ1) is 10.7. The van der Waals surface area contributed by atoms with Gasteiger partial charge in [-0.25, -0.2) is 4.79 Å². The number of nitrogens with one attached hydrogen (secondary N) is 3. The fraction of sp³-hybridized carbons (Fsp3) is 0.529. The van der Waals surface area contributed by atoms with Crippen LogP contribution in [0.25, 0.3) is 0 Å². The van der Waals surface area contributed by atoms with Gasteiger partial charge in [0.25, 0.3) is 0 Å². The maximum atomic E-state index is 11.5. The first kappa shape index (κ1) is 19.2. The number of carbonyl (C=O) groups excluding carboxylic acids is 1. The van der Waals surface area contributed by atoms with Gasteiger partial charge in [-0.2, -0.15) is 0 Å². The minimum atomic E-state index is -0.490. The topological polar surface area (TPSA) is 62.4 Å². The molecule has 0 aromatic heterocycles. The molecule has 0 aliphatic rings. The summed E-state index contributed by atoms with van der Waals surface area (Å²) in [5.74, 6) is 0. The molecule has 1 amide bonds. The summed E-state index contributed by atoms with van der Waals surface area (Å²) in [6.45, 7) is 10.6. The Morgan fingerprint density at radius 1 is 1.22 bits per heavy atom. The number of thiocarbonyl (C=S) groups is 1. The van der Waals surface area contributed by atoms with Gasteiger partial charge in [-0.3, -0.25) is 0 Å². The number of hydrogen-bond donors (Lipinski definition) is 3. The SMILES string of the molecule is CCc1cccc(C)c1NC(=S)NCCNC(=O)OC(C)(C)C. The highest BCUT2D eigenvalue weighted by Gasteiger charge is 2.15. The van der Waals surface area contributed by atoms with Gasteiger partial charge < -0.3 is 20.7 Å². The number of rotatable bonds is 5. The summed E-state index contributed by atoms with van der Waals surface area (Å²) in [7, 11) is 0. The standard InChI is InChI=1S/C17H27N3O2S/c1-6-13-9-7-8-12(2)14(13)20-15(23)18-10-11-19-16(21)22-17(3,4)5/h7-9H,6,10-11H2,1-5H3,(H,19,21)(H2,18,20,23). The molecule has 1 aromatic carbocycles. The zero-order valence-corrected chi connectivity index (χ0v) is 15.4. The molecule has 0 unspecified atom stereocenters. The van der Waals surface area contributed by atoms with Crippen molar-refractivity contribution in [2.75, 3.05) is 18.4 Å². The van der Waals surface area contributed by atoms with Gasteiger partial charge in [0.1, 0.15) is 5.60 Å². The maximum Gasteiger partial charge on any atom is 0.407 e. The van der Waals surface area contributed by atoms with E-state index in [0.717, 1.165) is 17.7 Å². The average Bonchev–Trinajstić information content (AvgIpc) is 2.44. The molecule has 5 nitrogen and oxygen atoms in total. The van der Waals surface area contributed by atoms with Crippen molar-refractivity contribution in [1.82, 2.24) is 10.6 Å². The summed E-state index contributed by atoms with van der Waals surface area (Å²) >= 11 is 5.30. The van der Waals surface area contributed by atoms with Crippen molar-refractivity contribution >= 4 is 29.1 Å². The largest absolute Gasteiger partial charge is 0.444 e. The summed E-state index contributed by atoms with van der Waals surface area (Å²) in [5.41, 5.74) is 2.93. The van der Waals surface area contributed by atoms with Crippen molar-refractivity contribution in [1.29, 1.82) is 0 Å². The lowest BCUT2D eigenvalue weighted by atomic mass is 10.1. The first-order valence-corrected chi connectivity index (χ1v) is 8.24. The Bertz CT molecular complexity index is 553. The van der Waals surface area contributed by atoms with E-state index in [1.54, 1.807) is 0 Å². The van der Waals surface area contributed by atoms with Crippen LogP contribution in [0.2, 0.25) is 0 Å². The third kappa shape index (κ3) is 7.32. The Morgan fingerprint density at radius 3 is 2.48 bits per heavy atom. The van der Waals surface area contributed by atoms with Crippen LogP contribution < -0.4 is 16.0 Å². The van der Waals surface area contributed by atoms with Crippen LogP contribution in [0, 0.1) is 6.92 Å². The van der Waals surface area contributed by atoms with Crippen molar-refractivity contribution < 1.29 is 9.53 Å². The quantitative estimate of drug-likeness (QED) is 0.568. The summed E-state index contributed by atoms with van der Waals surface area (Å²) < 4.78 is 5.16. The fourth-order valence-corrected chi connectivity index (χ4v) is 2.22. The lowest BCUT2D eigenvalue weighted by molar-refractivity contribution is 0.0529. The number of amides is 1. The molecule has 0 aliphatic heterocycles. The van der Waals surface area contributed by atoms with E-state index in [1.807, 2.05) is 39.8 Å². The minimum absolute atomic E-state index is 0.426. The summed E-state index contributed by atoms with van der Waals surface area (Å²) in [6, 6.07) is 6.18. The van der Waals surface area contributed by atoms with E-state index in [1.165, 1.54) is 5.56 Å². The Labute approximate surface area is 144 Å². The minimum Gasteiger partial charge on any atom is -0.444 e. The molecular weight excluding hydrogens is 310 g/mol.